The van der Waals surface area contributed by atoms with Gasteiger partial charge in [-0.2, -0.15) is 0 Å². The SMILES string of the molecule is CCC1CCCCCN1c1nc2c(s1)C(=O)CCC2. The third kappa shape index (κ3) is 2.55. The van der Waals surface area contributed by atoms with E-state index in [2.05, 4.69) is 11.8 Å². The summed E-state index contributed by atoms with van der Waals surface area (Å²) in [5.41, 5.74) is 1.07. The highest BCUT2D eigenvalue weighted by molar-refractivity contribution is 7.17. The van der Waals surface area contributed by atoms with Crippen molar-refractivity contribution in [3.8, 4) is 0 Å². The van der Waals surface area contributed by atoms with Crippen molar-refractivity contribution in [2.75, 3.05) is 11.4 Å². The van der Waals surface area contributed by atoms with Crippen molar-refractivity contribution in [1.29, 1.82) is 0 Å². The van der Waals surface area contributed by atoms with Crippen LogP contribution in [0.3, 0.4) is 0 Å². The highest BCUT2D eigenvalue weighted by atomic mass is 32.1. The summed E-state index contributed by atoms with van der Waals surface area (Å²) in [6.45, 7) is 3.38. The molecule has 0 amide bonds. The van der Waals surface area contributed by atoms with Gasteiger partial charge in [-0.05, 0) is 32.1 Å². The third-order valence-electron chi connectivity index (χ3n) is 4.35. The lowest BCUT2D eigenvalue weighted by atomic mass is 10.0. The van der Waals surface area contributed by atoms with Gasteiger partial charge in [0.05, 0.1) is 10.6 Å². The molecule has 1 aromatic rings. The summed E-state index contributed by atoms with van der Waals surface area (Å²) >= 11 is 1.64. The molecule has 1 saturated heterocycles. The van der Waals surface area contributed by atoms with E-state index < -0.39 is 0 Å². The summed E-state index contributed by atoms with van der Waals surface area (Å²) in [6.07, 6.45) is 9.05. The average molecular weight is 278 g/mol. The van der Waals surface area contributed by atoms with Crippen molar-refractivity contribution in [2.45, 2.75) is 64.3 Å². The first kappa shape index (κ1) is 13.1. The van der Waals surface area contributed by atoms with Crippen molar-refractivity contribution >= 4 is 22.3 Å². The molecule has 0 N–H and O–H groups in total. The topological polar surface area (TPSA) is 33.2 Å². The zero-order chi connectivity index (χ0) is 13.2. The van der Waals surface area contributed by atoms with Gasteiger partial charge in [0.25, 0.3) is 0 Å². The summed E-state index contributed by atoms with van der Waals surface area (Å²) in [5.74, 6) is 0.313. The van der Waals surface area contributed by atoms with Crippen molar-refractivity contribution < 1.29 is 4.79 Å². The predicted octanol–water partition coefficient (Wildman–Crippen LogP) is 3.82. The molecule has 3 nitrogen and oxygen atoms in total. The van der Waals surface area contributed by atoms with E-state index >= 15 is 0 Å². The lowest BCUT2D eigenvalue weighted by Gasteiger charge is -2.28. The van der Waals surface area contributed by atoms with Gasteiger partial charge in [0.15, 0.2) is 10.9 Å². The number of Topliss-reactive ketones (excluding diaryl/α,β-unsaturated/α-hetero) is 1. The van der Waals surface area contributed by atoms with Gasteiger partial charge in [0.2, 0.25) is 0 Å². The molecule has 0 bridgehead atoms. The minimum absolute atomic E-state index is 0.313. The van der Waals surface area contributed by atoms with Gasteiger partial charge in [-0.3, -0.25) is 4.79 Å². The predicted molar refractivity (Wildman–Crippen MR) is 79.3 cm³/mol. The number of nitrogens with zero attached hydrogens (tertiary/aromatic N) is 2. The second kappa shape index (κ2) is 5.61. The number of fused-ring (bicyclic) bond motifs is 1. The molecule has 1 aliphatic heterocycles. The van der Waals surface area contributed by atoms with E-state index in [9.17, 15) is 4.79 Å². The van der Waals surface area contributed by atoms with Crippen LogP contribution in [0.5, 0.6) is 0 Å². The first-order valence-corrected chi connectivity index (χ1v) is 8.40. The molecule has 1 fully saturated rings. The van der Waals surface area contributed by atoms with E-state index in [1.807, 2.05) is 0 Å². The van der Waals surface area contributed by atoms with Gasteiger partial charge in [-0.15, -0.1) is 0 Å². The Morgan fingerprint density at radius 2 is 2.16 bits per heavy atom. The Labute approximate surface area is 119 Å². The van der Waals surface area contributed by atoms with Gasteiger partial charge in [-0.1, -0.05) is 31.1 Å². The summed E-state index contributed by atoms with van der Waals surface area (Å²) in [5, 5.41) is 1.11. The number of hydrogen-bond acceptors (Lipinski definition) is 4. The standard InChI is InChI=1S/C15H22N2OS/c1-2-11-7-4-3-5-10-17(11)15-16-12-8-6-9-13(18)14(12)19-15/h11H,2-10H2,1H3. The van der Waals surface area contributed by atoms with Crippen LogP contribution in [-0.2, 0) is 6.42 Å². The average Bonchev–Trinajstić information content (AvgIpc) is 2.71. The Bertz CT molecular complexity index is 469. The number of aromatic nitrogens is 1. The maximum atomic E-state index is 12.0. The number of thiazole rings is 1. The van der Waals surface area contributed by atoms with Crippen LogP contribution in [0.25, 0.3) is 0 Å². The first-order valence-electron chi connectivity index (χ1n) is 7.59. The molecule has 2 aliphatic rings. The summed E-state index contributed by atoms with van der Waals surface area (Å²) in [6, 6.07) is 0.616. The molecular weight excluding hydrogens is 256 g/mol. The van der Waals surface area contributed by atoms with Crippen molar-refractivity contribution in [2.24, 2.45) is 0 Å². The van der Waals surface area contributed by atoms with Crippen LogP contribution in [0.2, 0.25) is 0 Å². The van der Waals surface area contributed by atoms with Crippen LogP contribution in [0.1, 0.15) is 67.2 Å². The molecule has 1 atom stereocenters. The maximum Gasteiger partial charge on any atom is 0.186 e. The Kier molecular flexibility index (Phi) is 3.87. The van der Waals surface area contributed by atoms with Crippen molar-refractivity contribution in [3.63, 3.8) is 0 Å². The van der Waals surface area contributed by atoms with Gasteiger partial charge in [0.1, 0.15) is 0 Å². The summed E-state index contributed by atoms with van der Waals surface area (Å²) in [4.78, 5) is 20.2. The second-order valence-corrected chi connectivity index (χ2v) is 6.63. The van der Waals surface area contributed by atoms with Gasteiger partial charge >= 0.3 is 0 Å². The number of ketones is 1. The number of rotatable bonds is 2. The van der Waals surface area contributed by atoms with Gasteiger partial charge < -0.3 is 4.90 Å². The molecule has 0 aromatic carbocycles. The molecule has 104 valence electrons. The number of carbonyl (C=O) groups excluding carboxylic acids is 1. The fourth-order valence-electron chi connectivity index (χ4n) is 3.23. The zero-order valence-electron chi connectivity index (χ0n) is 11.7. The minimum atomic E-state index is 0.313. The van der Waals surface area contributed by atoms with Crippen molar-refractivity contribution in [3.05, 3.63) is 10.6 Å². The zero-order valence-corrected chi connectivity index (χ0v) is 12.5. The monoisotopic (exact) mass is 278 g/mol. The van der Waals surface area contributed by atoms with Crippen LogP contribution in [0.4, 0.5) is 5.13 Å². The van der Waals surface area contributed by atoms with E-state index in [0.29, 0.717) is 18.2 Å². The van der Waals surface area contributed by atoms with E-state index in [1.165, 1.54) is 32.1 Å². The van der Waals surface area contributed by atoms with Crippen molar-refractivity contribution in [1.82, 2.24) is 4.98 Å². The first-order chi connectivity index (χ1) is 9.29. The molecule has 0 radical (unpaired) electrons. The largest absolute Gasteiger partial charge is 0.345 e. The number of carbonyl (C=O) groups is 1. The van der Waals surface area contributed by atoms with Gasteiger partial charge in [0, 0.05) is 19.0 Å². The molecular formula is C15H22N2OS. The van der Waals surface area contributed by atoms with E-state index in [1.54, 1.807) is 11.3 Å². The normalized spacial score (nSPS) is 24.2. The fourth-order valence-corrected chi connectivity index (χ4v) is 4.41. The number of anilines is 1. The highest BCUT2D eigenvalue weighted by Crippen LogP contribution is 2.34. The molecule has 4 heteroatoms. The Morgan fingerprint density at radius 1 is 1.26 bits per heavy atom. The summed E-state index contributed by atoms with van der Waals surface area (Å²) in [7, 11) is 0. The van der Waals surface area contributed by atoms with Crippen LogP contribution >= 0.6 is 11.3 Å². The molecule has 3 rings (SSSR count). The van der Waals surface area contributed by atoms with Crippen LogP contribution in [-0.4, -0.2) is 23.4 Å². The molecule has 1 unspecified atom stereocenters. The maximum absolute atomic E-state index is 12.0. The van der Waals surface area contributed by atoms with E-state index in [-0.39, 0.29) is 0 Å². The Morgan fingerprint density at radius 3 is 2.95 bits per heavy atom. The minimum Gasteiger partial charge on any atom is -0.345 e. The molecule has 2 heterocycles. The number of aryl methyl sites for hydroxylation is 1. The third-order valence-corrected chi connectivity index (χ3v) is 5.53. The Hall–Kier alpha value is -0.900. The van der Waals surface area contributed by atoms with Gasteiger partial charge in [-0.25, -0.2) is 4.98 Å². The second-order valence-electron chi connectivity index (χ2n) is 5.65. The summed E-state index contributed by atoms with van der Waals surface area (Å²) < 4.78 is 0. The number of hydrogen-bond donors (Lipinski definition) is 0. The quantitative estimate of drug-likeness (QED) is 0.824. The molecule has 1 aromatic heterocycles. The highest BCUT2D eigenvalue weighted by Gasteiger charge is 2.27. The van der Waals surface area contributed by atoms with Crippen LogP contribution < -0.4 is 4.90 Å². The molecule has 0 spiro atoms. The van der Waals surface area contributed by atoms with Crippen LogP contribution in [0, 0.1) is 0 Å². The molecule has 19 heavy (non-hydrogen) atoms. The van der Waals surface area contributed by atoms with E-state index in [4.69, 9.17) is 4.98 Å². The lowest BCUT2D eigenvalue weighted by Crippen LogP contribution is -2.34. The fraction of sp³-hybridized carbons (Fsp3) is 0.733. The molecule has 1 aliphatic carbocycles. The lowest BCUT2D eigenvalue weighted by molar-refractivity contribution is 0.0976. The Balaban J connectivity index is 1.89. The molecule has 0 saturated carbocycles. The van der Waals surface area contributed by atoms with Crippen LogP contribution in [0.15, 0.2) is 0 Å². The van der Waals surface area contributed by atoms with E-state index in [0.717, 1.165) is 35.1 Å². The smallest absolute Gasteiger partial charge is 0.186 e.